The first-order valence-electron chi connectivity index (χ1n) is 7.54. The molecule has 0 atom stereocenters. The van der Waals surface area contributed by atoms with E-state index in [2.05, 4.69) is 11.9 Å². The van der Waals surface area contributed by atoms with E-state index in [1.54, 1.807) is 6.07 Å². The average Bonchev–Trinajstić information content (AvgIpc) is 2.45. The van der Waals surface area contributed by atoms with Crippen LogP contribution in [0.3, 0.4) is 0 Å². The highest BCUT2D eigenvalue weighted by molar-refractivity contribution is 5.20. The molecular formula is C16H22F3N. The van der Waals surface area contributed by atoms with Gasteiger partial charge in [0, 0.05) is 6.20 Å². The van der Waals surface area contributed by atoms with Gasteiger partial charge in [0.2, 0.25) is 0 Å². The van der Waals surface area contributed by atoms with Gasteiger partial charge in [0.05, 0.1) is 0 Å². The van der Waals surface area contributed by atoms with Crippen LogP contribution in [0.15, 0.2) is 18.3 Å². The summed E-state index contributed by atoms with van der Waals surface area (Å²) >= 11 is 0. The molecule has 0 amide bonds. The quantitative estimate of drug-likeness (QED) is 0.705. The molecule has 20 heavy (non-hydrogen) atoms. The normalized spacial score (nSPS) is 23.8. The third kappa shape index (κ3) is 3.97. The number of rotatable bonds is 4. The molecular weight excluding hydrogens is 263 g/mol. The summed E-state index contributed by atoms with van der Waals surface area (Å²) in [5, 5.41) is 0. The van der Waals surface area contributed by atoms with Gasteiger partial charge in [-0.2, -0.15) is 13.2 Å². The lowest BCUT2D eigenvalue weighted by molar-refractivity contribution is -0.141. The van der Waals surface area contributed by atoms with E-state index in [1.165, 1.54) is 38.3 Å². The fourth-order valence-corrected chi connectivity index (χ4v) is 3.09. The van der Waals surface area contributed by atoms with Crippen molar-refractivity contribution in [3.8, 4) is 0 Å². The van der Waals surface area contributed by atoms with Crippen LogP contribution in [-0.2, 0) is 6.18 Å². The predicted octanol–water partition coefficient (Wildman–Crippen LogP) is 5.56. The second-order valence-electron chi connectivity index (χ2n) is 5.83. The van der Waals surface area contributed by atoms with Gasteiger partial charge in [-0.05, 0) is 49.1 Å². The first-order chi connectivity index (χ1) is 9.50. The number of nitrogens with zero attached hydrogens (tertiary/aromatic N) is 1. The van der Waals surface area contributed by atoms with E-state index in [1.807, 2.05) is 0 Å². The molecule has 112 valence electrons. The molecule has 2 rings (SSSR count). The maximum absolute atomic E-state index is 12.5. The molecule has 0 unspecified atom stereocenters. The van der Waals surface area contributed by atoms with Gasteiger partial charge in [-0.3, -0.25) is 4.98 Å². The molecule has 0 bridgehead atoms. The Bertz CT molecular complexity index is 403. The number of hydrogen-bond acceptors (Lipinski definition) is 1. The van der Waals surface area contributed by atoms with Crippen LogP contribution < -0.4 is 0 Å². The van der Waals surface area contributed by atoms with Crippen LogP contribution in [0.25, 0.3) is 0 Å². The lowest BCUT2D eigenvalue weighted by Gasteiger charge is -2.28. The zero-order valence-corrected chi connectivity index (χ0v) is 11.9. The SMILES string of the molecule is CCCCC1CCC(c2ccc(C(F)(F)F)nc2)CC1. The molecule has 0 radical (unpaired) electrons. The molecule has 0 N–H and O–H groups in total. The summed E-state index contributed by atoms with van der Waals surface area (Å²) in [6.07, 6.45) is 5.48. The second kappa shape index (κ2) is 6.59. The van der Waals surface area contributed by atoms with Crippen molar-refractivity contribution >= 4 is 0 Å². The zero-order valence-electron chi connectivity index (χ0n) is 11.9. The van der Waals surface area contributed by atoms with Gasteiger partial charge in [0.1, 0.15) is 5.69 Å². The number of hydrogen-bond donors (Lipinski definition) is 0. The van der Waals surface area contributed by atoms with Gasteiger partial charge in [-0.25, -0.2) is 0 Å². The molecule has 0 saturated heterocycles. The van der Waals surface area contributed by atoms with Crippen LogP contribution in [-0.4, -0.2) is 4.98 Å². The van der Waals surface area contributed by atoms with Gasteiger partial charge in [0.15, 0.2) is 0 Å². The van der Waals surface area contributed by atoms with Gasteiger partial charge in [0.25, 0.3) is 0 Å². The molecule has 1 fully saturated rings. The molecule has 1 aliphatic carbocycles. The zero-order chi connectivity index (χ0) is 14.6. The van der Waals surface area contributed by atoms with Crippen molar-refractivity contribution < 1.29 is 13.2 Å². The molecule has 1 saturated carbocycles. The van der Waals surface area contributed by atoms with E-state index < -0.39 is 11.9 Å². The Hall–Kier alpha value is -1.06. The van der Waals surface area contributed by atoms with E-state index in [9.17, 15) is 13.2 Å². The summed E-state index contributed by atoms with van der Waals surface area (Å²) in [5.74, 6) is 1.20. The summed E-state index contributed by atoms with van der Waals surface area (Å²) in [5.41, 5.74) is 0.171. The van der Waals surface area contributed by atoms with Crippen molar-refractivity contribution in [1.29, 1.82) is 0 Å². The molecule has 1 aromatic rings. The molecule has 1 nitrogen and oxygen atoms in total. The smallest absolute Gasteiger partial charge is 0.251 e. The summed E-state index contributed by atoms with van der Waals surface area (Å²) < 4.78 is 37.4. The minimum atomic E-state index is -4.34. The number of aromatic nitrogens is 1. The van der Waals surface area contributed by atoms with Crippen molar-refractivity contribution in [3.05, 3.63) is 29.6 Å². The highest BCUT2D eigenvalue weighted by Gasteiger charge is 2.32. The fraction of sp³-hybridized carbons (Fsp3) is 0.688. The van der Waals surface area contributed by atoms with Crippen molar-refractivity contribution in [2.45, 2.75) is 64.0 Å². The predicted molar refractivity (Wildman–Crippen MR) is 73.5 cm³/mol. The molecule has 0 aliphatic heterocycles. The average molecular weight is 285 g/mol. The monoisotopic (exact) mass is 285 g/mol. The summed E-state index contributed by atoms with van der Waals surface area (Å²) in [7, 11) is 0. The number of halogens is 3. The summed E-state index contributed by atoms with van der Waals surface area (Å²) in [6.45, 7) is 2.21. The van der Waals surface area contributed by atoms with Gasteiger partial charge in [-0.1, -0.05) is 32.3 Å². The van der Waals surface area contributed by atoms with Crippen molar-refractivity contribution in [2.75, 3.05) is 0 Å². The fourth-order valence-electron chi connectivity index (χ4n) is 3.09. The largest absolute Gasteiger partial charge is 0.433 e. The van der Waals surface area contributed by atoms with Crippen LogP contribution in [0.2, 0.25) is 0 Å². The number of alkyl halides is 3. The Morgan fingerprint density at radius 2 is 1.85 bits per heavy atom. The van der Waals surface area contributed by atoms with E-state index in [0.717, 1.165) is 30.4 Å². The van der Waals surface area contributed by atoms with Gasteiger partial charge in [-0.15, -0.1) is 0 Å². The maximum Gasteiger partial charge on any atom is 0.433 e. The Morgan fingerprint density at radius 1 is 1.15 bits per heavy atom. The molecule has 1 heterocycles. The minimum absolute atomic E-state index is 0.391. The molecule has 4 heteroatoms. The number of pyridine rings is 1. The van der Waals surface area contributed by atoms with Crippen LogP contribution in [0.5, 0.6) is 0 Å². The molecule has 0 spiro atoms. The maximum atomic E-state index is 12.5. The first kappa shape index (κ1) is 15.3. The first-order valence-corrected chi connectivity index (χ1v) is 7.54. The standard InChI is InChI=1S/C16H22F3N/c1-2-3-4-12-5-7-13(8-6-12)14-9-10-15(20-11-14)16(17,18)19/h9-13H,2-8H2,1H3. The van der Waals surface area contributed by atoms with E-state index in [0.29, 0.717) is 5.92 Å². The minimum Gasteiger partial charge on any atom is -0.251 e. The van der Waals surface area contributed by atoms with E-state index in [-0.39, 0.29) is 0 Å². The lowest BCUT2D eigenvalue weighted by atomic mass is 9.77. The van der Waals surface area contributed by atoms with Crippen LogP contribution in [0.4, 0.5) is 13.2 Å². The van der Waals surface area contributed by atoms with Gasteiger partial charge >= 0.3 is 6.18 Å². The summed E-state index contributed by atoms with van der Waals surface area (Å²) in [4.78, 5) is 3.57. The van der Waals surface area contributed by atoms with Crippen molar-refractivity contribution in [3.63, 3.8) is 0 Å². The van der Waals surface area contributed by atoms with Crippen LogP contribution >= 0.6 is 0 Å². The number of unbranched alkanes of at least 4 members (excludes halogenated alkanes) is 1. The summed E-state index contributed by atoms with van der Waals surface area (Å²) in [6, 6.07) is 2.71. The van der Waals surface area contributed by atoms with E-state index in [4.69, 9.17) is 0 Å². The Balaban J connectivity index is 1.90. The van der Waals surface area contributed by atoms with Crippen molar-refractivity contribution in [2.24, 2.45) is 5.92 Å². The third-order valence-corrected chi connectivity index (χ3v) is 4.36. The van der Waals surface area contributed by atoms with Gasteiger partial charge < -0.3 is 0 Å². The topological polar surface area (TPSA) is 12.9 Å². The van der Waals surface area contributed by atoms with Crippen molar-refractivity contribution in [1.82, 2.24) is 4.98 Å². The molecule has 0 aromatic carbocycles. The van der Waals surface area contributed by atoms with Crippen LogP contribution in [0, 0.1) is 5.92 Å². The Morgan fingerprint density at radius 3 is 2.35 bits per heavy atom. The van der Waals surface area contributed by atoms with E-state index >= 15 is 0 Å². The Kier molecular flexibility index (Phi) is 5.06. The highest BCUT2D eigenvalue weighted by atomic mass is 19.4. The third-order valence-electron chi connectivity index (χ3n) is 4.36. The molecule has 1 aromatic heterocycles. The molecule has 1 aliphatic rings. The highest BCUT2D eigenvalue weighted by Crippen LogP contribution is 2.38. The lowest BCUT2D eigenvalue weighted by Crippen LogP contribution is -2.14. The van der Waals surface area contributed by atoms with Crippen LogP contribution in [0.1, 0.15) is 69.0 Å². The second-order valence-corrected chi connectivity index (χ2v) is 5.83. The Labute approximate surface area is 118 Å².